The van der Waals surface area contributed by atoms with E-state index in [1.807, 2.05) is 10.7 Å². The summed E-state index contributed by atoms with van der Waals surface area (Å²) >= 11 is 8.57. The molecule has 0 amide bonds. The molecule has 0 unspecified atom stereocenters. The first kappa shape index (κ1) is 20.5. The third kappa shape index (κ3) is 5.39. The Bertz CT molecular complexity index is 939. The van der Waals surface area contributed by atoms with E-state index in [1.54, 1.807) is 18.2 Å². The number of nitrogens with zero attached hydrogens (tertiary/aromatic N) is 3. The van der Waals surface area contributed by atoms with Crippen LogP contribution in [0.15, 0.2) is 48.5 Å². The molecule has 0 spiro atoms. The highest BCUT2D eigenvalue weighted by atomic mass is 32.1. The fourth-order valence-corrected chi connectivity index (χ4v) is 3.43. The lowest BCUT2D eigenvalue weighted by Gasteiger charge is -2.07. The van der Waals surface area contributed by atoms with Crippen LogP contribution in [0.3, 0.4) is 0 Å². The molecule has 146 valence electrons. The number of aryl methyl sites for hydroxylation is 2. The third-order valence-electron chi connectivity index (χ3n) is 4.40. The molecule has 0 atom stereocenters. The van der Waals surface area contributed by atoms with Crippen molar-refractivity contribution < 1.29 is 9.90 Å². The fraction of sp³-hybridized carbons (Fsp3) is 0.286. The lowest BCUT2D eigenvalue weighted by Crippen LogP contribution is -2.08. The topological polar surface area (TPSA) is 68.0 Å². The molecule has 0 bridgehead atoms. The number of thiol groups is 2. The first-order chi connectivity index (χ1) is 13.6. The van der Waals surface area contributed by atoms with Crippen molar-refractivity contribution in [2.24, 2.45) is 0 Å². The van der Waals surface area contributed by atoms with Crippen LogP contribution in [0.1, 0.15) is 38.7 Å². The molecule has 5 nitrogen and oxygen atoms in total. The van der Waals surface area contributed by atoms with Gasteiger partial charge in [0.05, 0.1) is 12.1 Å². The minimum atomic E-state index is -0.903. The van der Waals surface area contributed by atoms with Gasteiger partial charge in [0.1, 0.15) is 5.82 Å². The van der Waals surface area contributed by atoms with Gasteiger partial charge in [0.25, 0.3) is 0 Å². The predicted octanol–water partition coefficient (Wildman–Crippen LogP) is 3.56. The molecule has 7 heteroatoms. The SMILES string of the molecule is O=C(O)c1cccc(Cc2ccc(Cn3nc(CCS)nc3CCS)cc2)c1. The minimum absolute atomic E-state index is 0.314. The average Bonchev–Trinajstić information content (AvgIpc) is 3.05. The van der Waals surface area contributed by atoms with E-state index in [0.717, 1.165) is 52.7 Å². The van der Waals surface area contributed by atoms with Crippen molar-refractivity contribution >= 4 is 31.2 Å². The van der Waals surface area contributed by atoms with Crippen molar-refractivity contribution in [2.75, 3.05) is 11.5 Å². The second kappa shape index (κ2) is 9.80. The number of aromatic nitrogens is 3. The highest BCUT2D eigenvalue weighted by Crippen LogP contribution is 2.14. The zero-order valence-corrected chi connectivity index (χ0v) is 17.2. The van der Waals surface area contributed by atoms with Gasteiger partial charge in [-0.25, -0.2) is 14.5 Å². The van der Waals surface area contributed by atoms with Gasteiger partial charge >= 0.3 is 5.97 Å². The van der Waals surface area contributed by atoms with E-state index in [9.17, 15) is 4.79 Å². The van der Waals surface area contributed by atoms with Crippen LogP contribution < -0.4 is 0 Å². The van der Waals surface area contributed by atoms with E-state index in [2.05, 4.69) is 59.6 Å². The molecular weight excluding hydrogens is 390 g/mol. The van der Waals surface area contributed by atoms with Gasteiger partial charge in [-0.3, -0.25) is 0 Å². The summed E-state index contributed by atoms with van der Waals surface area (Å²) in [7, 11) is 0. The molecule has 0 saturated carbocycles. The van der Waals surface area contributed by atoms with Crippen LogP contribution in [-0.4, -0.2) is 37.3 Å². The Morgan fingerprint density at radius 3 is 2.36 bits per heavy atom. The van der Waals surface area contributed by atoms with Gasteiger partial charge in [0.2, 0.25) is 0 Å². The van der Waals surface area contributed by atoms with Crippen molar-refractivity contribution in [1.82, 2.24) is 14.8 Å². The van der Waals surface area contributed by atoms with Crippen molar-refractivity contribution in [3.8, 4) is 0 Å². The predicted molar refractivity (Wildman–Crippen MR) is 117 cm³/mol. The second-order valence-electron chi connectivity index (χ2n) is 6.55. The Labute approximate surface area is 175 Å². The summed E-state index contributed by atoms with van der Waals surface area (Å²) < 4.78 is 1.94. The average molecular weight is 414 g/mol. The Kier molecular flexibility index (Phi) is 7.17. The molecule has 1 aromatic heterocycles. The monoisotopic (exact) mass is 413 g/mol. The number of rotatable bonds is 9. The Morgan fingerprint density at radius 2 is 1.68 bits per heavy atom. The minimum Gasteiger partial charge on any atom is -0.478 e. The largest absolute Gasteiger partial charge is 0.478 e. The molecule has 0 fully saturated rings. The van der Waals surface area contributed by atoms with E-state index < -0.39 is 5.97 Å². The van der Waals surface area contributed by atoms with Crippen molar-refractivity contribution in [3.05, 3.63) is 82.4 Å². The lowest BCUT2D eigenvalue weighted by molar-refractivity contribution is 0.0696. The molecular formula is C21H23N3O2S2. The molecule has 3 rings (SSSR count). The second-order valence-corrected chi connectivity index (χ2v) is 7.44. The van der Waals surface area contributed by atoms with E-state index in [0.29, 0.717) is 18.5 Å². The zero-order chi connectivity index (χ0) is 19.9. The molecule has 2 aromatic carbocycles. The van der Waals surface area contributed by atoms with E-state index >= 15 is 0 Å². The summed E-state index contributed by atoms with van der Waals surface area (Å²) in [5.74, 6) is 2.32. The van der Waals surface area contributed by atoms with Gasteiger partial charge in [0.15, 0.2) is 5.82 Å². The number of hydrogen-bond donors (Lipinski definition) is 3. The van der Waals surface area contributed by atoms with Gasteiger partial charge in [-0.15, -0.1) is 0 Å². The maximum Gasteiger partial charge on any atom is 0.335 e. The van der Waals surface area contributed by atoms with Crippen LogP contribution in [0.5, 0.6) is 0 Å². The quantitative estimate of drug-likeness (QED) is 0.469. The van der Waals surface area contributed by atoms with Gasteiger partial charge in [-0.2, -0.15) is 30.4 Å². The molecule has 0 saturated heterocycles. The summed E-state index contributed by atoms with van der Waals surface area (Å²) in [5.41, 5.74) is 3.58. The van der Waals surface area contributed by atoms with Gasteiger partial charge in [0, 0.05) is 12.8 Å². The fourth-order valence-electron chi connectivity index (χ4n) is 3.03. The van der Waals surface area contributed by atoms with Crippen molar-refractivity contribution in [3.63, 3.8) is 0 Å². The molecule has 0 aliphatic carbocycles. The first-order valence-electron chi connectivity index (χ1n) is 9.13. The summed E-state index contributed by atoms with van der Waals surface area (Å²) in [6.45, 7) is 0.664. The number of carboxylic acid groups (broad SMARTS) is 1. The molecule has 1 heterocycles. The highest BCUT2D eigenvalue weighted by Gasteiger charge is 2.10. The smallest absolute Gasteiger partial charge is 0.335 e. The van der Waals surface area contributed by atoms with Crippen LogP contribution >= 0.6 is 25.3 Å². The van der Waals surface area contributed by atoms with Crippen LogP contribution in [0, 0.1) is 0 Å². The van der Waals surface area contributed by atoms with Crippen LogP contribution in [-0.2, 0) is 25.8 Å². The van der Waals surface area contributed by atoms with Crippen LogP contribution in [0.4, 0.5) is 0 Å². The summed E-state index contributed by atoms with van der Waals surface area (Å²) in [5, 5.41) is 13.7. The number of aromatic carboxylic acids is 1. The number of hydrogen-bond acceptors (Lipinski definition) is 5. The van der Waals surface area contributed by atoms with E-state index in [-0.39, 0.29) is 0 Å². The first-order valence-corrected chi connectivity index (χ1v) is 10.4. The normalized spacial score (nSPS) is 10.9. The Morgan fingerprint density at radius 1 is 0.964 bits per heavy atom. The van der Waals surface area contributed by atoms with Gasteiger partial charge < -0.3 is 5.11 Å². The maximum absolute atomic E-state index is 11.1. The van der Waals surface area contributed by atoms with E-state index in [4.69, 9.17) is 5.11 Å². The summed E-state index contributed by atoms with van der Waals surface area (Å²) in [6.07, 6.45) is 2.23. The van der Waals surface area contributed by atoms with Crippen LogP contribution in [0.25, 0.3) is 0 Å². The summed E-state index contributed by atoms with van der Waals surface area (Å²) in [4.78, 5) is 15.7. The van der Waals surface area contributed by atoms with E-state index in [1.165, 1.54) is 0 Å². The number of carboxylic acids is 1. The number of benzene rings is 2. The molecule has 1 N–H and O–H groups in total. The molecule has 0 aliphatic heterocycles. The highest BCUT2D eigenvalue weighted by molar-refractivity contribution is 7.80. The van der Waals surface area contributed by atoms with Gasteiger partial charge in [-0.05, 0) is 46.7 Å². The summed E-state index contributed by atoms with van der Waals surface area (Å²) in [6, 6.07) is 15.4. The molecule has 0 radical (unpaired) electrons. The molecule has 3 aromatic rings. The maximum atomic E-state index is 11.1. The lowest BCUT2D eigenvalue weighted by atomic mass is 10.0. The Hall–Kier alpha value is -2.25. The molecule has 28 heavy (non-hydrogen) atoms. The standard InChI is InChI=1S/C21H23N3O2S2/c25-21(26)18-3-1-2-17(13-18)12-15-4-6-16(7-5-15)14-24-20(9-11-28)22-19(23-24)8-10-27/h1-7,13,27-28H,8-12,14H2,(H,25,26). The van der Waals surface area contributed by atoms with Gasteiger partial charge in [-0.1, -0.05) is 36.4 Å². The van der Waals surface area contributed by atoms with Crippen molar-refractivity contribution in [2.45, 2.75) is 25.8 Å². The van der Waals surface area contributed by atoms with Crippen molar-refractivity contribution in [1.29, 1.82) is 0 Å². The molecule has 0 aliphatic rings. The Balaban J connectivity index is 1.71. The number of carbonyl (C=O) groups is 1. The van der Waals surface area contributed by atoms with Crippen LogP contribution in [0.2, 0.25) is 0 Å². The zero-order valence-electron chi connectivity index (χ0n) is 15.5. The third-order valence-corrected chi connectivity index (χ3v) is 4.85.